The van der Waals surface area contributed by atoms with Crippen LogP contribution < -0.4 is 5.73 Å². The summed E-state index contributed by atoms with van der Waals surface area (Å²) in [6.45, 7) is 2.08. The van der Waals surface area contributed by atoms with Crippen LogP contribution in [0.4, 0.5) is 5.82 Å². The quantitative estimate of drug-likeness (QED) is 0.773. The molecule has 0 aliphatic heterocycles. The molecule has 78 valence electrons. The van der Waals surface area contributed by atoms with Gasteiger partial charge in [-0.15, -0.1) is 0 Å². The molecule has 0 amide bonds. The van der Waals surface area contributed by atoms with Crippen LogP contribution in [0.1, 0.15) is 12.5 Å². The van der Waals surface area contributed by atoms with Gasteiger partial charge < -0.3 is 10.8 Å². The third-order valence-corrected chi connectivity index (χ3v) is 2.92. The number of hydrogen-bond donors (Lipinski definition) is 2. The molecule has 0 fully saturated rings. The van der Waals surface area contributed by atoms with Gasteiger partial charge in [0.2, 0.25) is 0 Å². The average Bonchev–Trinajstić information content (AvgIpc) is 2.18. The summed E-state index contributed by atoms with van der Waals surface area (Å²) >= 11 is 1.73. The van der Waals surface area contributed by atoms with Crippen molar-refractivity contribution < 1.29 is 5.11 Å². The second-order valence-corrected chi connectivity index (χ2v) is 4.38. The number of nitrogens with two attached hydrogens (primary N) is 1. The highest BCUT2D eigenvalue weighted by Gasteiger charge is 2.07. The van der Waals surface area contributed by atoms with Crippen LogP contribution in [0.15, 0.2) is 18.3 Å². The molecule has 0 spiro atoms. The van der Waals surface area contributed by atoms with Crippen molar-refractivity contribution in [3.05, 3.63) is 23.9 Å². The molecule has 1 rings (SSSR count). The minimum Gasteiger partial charge on any atom is -0.392 e. The first kappa shape index (κ1) is 11.3. The maximum atomic E-state index is 9.65. The van der Waals surface area contributed by atoms with Gasteiger partial charge in [-0.1, -0.05) is 13.0 Å². The monoisotopic (exact) mass is 212 g/mol. The first-order chi connectivity index (χ1) is 6.74. The van der Waals surface area contributed by atoms with Crippen LogP contribution in [0.25, 0.3) is 0 Å². The predicted molar refractivity (Wildman–Crippen MR) is 61.4 cm³/mol. The van der Waals surface area contributed by atoms with Crippen molar-refractivity contribution in [1.82, 2.24) is 4.98 Å². The smallest absolute Gasteiger partial charge is 0.126 e. The molecule has 0 bridgehead atoms. The van der Waals surface area contributed by atoms with Crippen LogP contribution in [0, 0.1) is 0 Å². The van der Waals surface area contributed by atoms with E-state index < -0.39 is 0 Å². The van der Waals surface area contributed by atoms with Crippen molar-refractivity contribution in [2.45, 2.75) is 19.4 Å². The average molecular weight is 212 g/mol. The van der Waals surface area contributed by atoms with Crippen LogP contribution in [-0.4, -0.2) is 27.7 Å². The second-order valence-electron chi connectivity index (χ2n) is 3.07. The van der Waals surface area contributed by atoms with Gasteiger partial charge in [-0.3, -0.25) is 0 Å². The lowest BCUT2D eigenvalue weighted by Gasteiger charge is -2.10. The third kappa shape index (κ3) is 3.55. The van der Waals surface area contributed by atoms with Crippen molar-refractivity contribution in [3.8, 4) is 0 Å². The number of aliphatic hydroxyl groups is 1. The van der Waals surface area contributed by atoms with E-state index in [9.17, 15) is 5.11 Å². The zero-order chi connectivity index (χ0) is 10.4. The van der Waals surface area contributed by atoms with E-state index in [1.807, 2.05) is 12.1 Å². The zero-order valence-corrected chi connectivity index (χ0v) is 9.13. The van der Waals surface area contributed by atoms with Gasteiger partial charge in [0.15, 0.2) is 0 Å². The Morgan fingerprint density at radius 2 is 2.43 bits per heavy atom. The van der Waals surface area contributed by atoms with E-state index in [0.29, 0.717) is 12.2 Å². The van der Waals surface area contributed by atoms with Crippen LogP contribution in [0.3, 0.4) is 0 Å². The fourth-order valence-corrected chi connectivity index (χ4v) is 1.82. The summed E-state index contributed by atoms with van der Waals surface area (Å²) in [6, 6.07) is 3.74. The van der Waals surface area contributed by atoms with Gasteiger partial charge >= 0.3 is 0 Å². The molecule has 3 N–H and O–H groups in total. The molecule has 1 atom stereocenters. The number of aromatic nitrogens is 1. The van der Waals surface area contributed by atoms with Gasteiger partial charge in [0.1, 0.15) is 5.82 Å². The normalized spacial score (nSPS) is 12.7. The molecule has 1 aromatic rings. The maximum absolute atomic E-state index is 9.65. The lowest BCUT2D eigenvalue weighted by atomic mass is 10.1. The van der Waals surface area contributed by atoms with Crippen LogP contribution in [-0.2, 0) is 6.42 Å². The minimum absolute atomic E-state index is 0.327. The number of anilines is 1. The molecule has 0 aliphatic rings. The summed E-state index contributed by atoms with van der Waals surface area (Å²) < 4.78 is 0. The lowest BCUT2D eigenvalue weighted by molar-refractivity contribution is 0.200. The number of rotatable bonds is 5. The third-order valence-electron chi connectivity index (χ3n) is 1.90. The number of aliphatic hydroxyl groups excluding tert-OH is 1. The molecule has 0 saturated carbocycles. The van der Waals surface area contributed by atoms with Crippen molar-refractivity contribution in [2.75, 3.05) is 17.2 Å². The molecule has 1 heterocycles. The molecule has 1 unspecified atom stereocenters. The Hall–Kier alpha value is -0.740. The fourth-order valence-electron chi connectivity index (χ4n) is 1.19. The number of hydrogen-bond acceptors (Lipinski definition) is 4. The fraction of sp³-hybridized carbons (Fsp3) is 0.500. The summed E-state index contributed by atoms with van der Waals surface area (Å²) in [7, 11) is 0. The number of pyridine rings is 1. The largest absolute Gasteiger partial charge is 0.392 e. The topological polar surface area (TPSA) is 59.1 Å². The van der Waals surface area contributed by atoms with E-state index >= 15 is 0 Å². The summed E-state index contributed by atoms with van der Waals surface area (Å²) in [4.78, 5) is 3.97. The Balaban J connectivity index is 2.47. The molecule has 1 aromatic heterocycles. The Morgan fingerprint density at radius 3 is 3.07 bits per heavy atom. The zero-order valence-electron chi connectivity index (χ0n) is 8.31. The molecule has 0 aliphatic carbocycles. The number of thioether (sulfide) groups is 1. The van der Waals surface area contributed by atoms with Crippen molar-refractivity contribution in [1.29, 1.82) is 0 Å². The summed E-state index contributed by atoms with van der Waals surface area (Å²) in [5.74, 6) is 2.30. The van der Waals surface area contributed by atoms with E-state index in [2.05, 4.69) is 11.9 Å². The Labute approximate surface area is 88.7 Å². The van der Waals surface area contributed by atoms with E-state index in [-0.39, 0.29) is 6.10 Å². The van der Waals surface area contributed by atoms with Gasteiger partial charge in [-0.2, -0.15) is 11.8 Å². The van der Waals surface area contributed by atoms with Gasteiger partial charge in [0, 0.05) is 18.4 Å². The van der Waals surface area contributed by atoms with Gasteiger partial charge in [0.25, 0.3) is 0 Å². The standard InChI is InChI=1S/C10H16N2OS/c1-2-14-7-9(13)6-8-4-3-5-12-10(8)11/h3-5,9,13H,2,6-7H2,1H3,(H2,11,12). The number of nitrogens with zero attached hydrogens (tertiary/aromatic N) is 1. The van der Waals surface area contributed by atoms with E-state index in [4.69, 9.17) is 5.73 Å². The molecular formula is C10H16N2OS. The molecule has 14 heavy (non-hydrogen) atoms. The van der Waals surface area contributed by atoms with Crippen molar-refractivity contribution >= 4 is 17.6 Å². The Morgan fingerprint density at radius 1 is 1.64 bits per heavy atom. The minimum atomic E-state index is -0.327. The summed E-state index contributed by atoms with van der Waals surface area (Å²) in [6.07, 6.45) is 1.92. The Kier molecular flexibility index (Phi) is 4.76. The van der Waals surface area contributed by atoms with E-state index in [1.54, 1.807) is 18.0 Å². The van der Waals surface area contributed by atoms with E-state index in [1.165, 1.54) is 0 Å². The highest BCUT2D eigenvalue weighted by atomic mass is 32.2. The lowest BCUT2D eigenvalue weighted by Crippen LogP contribution is -2.15. The molecule has 3 nitrogen and oxygen atoms in total. The van der Waals surface area contributed by atoms with Crippen LogP contribution in [0.5, 0.6) is 0 Å². The molecule has 0 saturated heterocycles. The summed E-state index contributed by atoms with van der Waals surface area (Å²) in [5.41, 5.74) is 6.60. The molecule has 4 heteroatoms. The molecule has 0 aromatic carbocycles. The first-order valence-electron chi connectivity index (χ1n) is 4.69. The van der Waals surface area contributed by atoms with Crippen LogP contribution >= 0.6 is 11.8 Å². The highest BCUT2D eigenvalue weighted by molar-refractivity contribution is 7.99. The van der Waals surface area contributed by atoms with Crippen molar-refractivity contribution in [2.24, 2.45) is 0 Å². The molecule has 0 radical (unpaired) electrons. The number of nitrogen functional groups attached to an aromatic ring is 1. The van der Waals surface area contributed by atoms with Gasteiger partial charge in [-0.25, -0.2) is 4.98 Å². The predicted octanol–water partition coefficient (Wildman–Crippen LogP) is 1.32. The second kappa shape index (κ2) is 5.88. The van der Waals surface area contributed by atoms with Gasteiger partial charge in [0.05, 0.1) is 6.10 Å². The summed E-state index contributed by atoms with van der Waals surface area (Å²) in [5, 5.41) is 9.65. The SMILES string of the molecule is CCSCC(O)Cc1cccnc1N. The van der Waals surface area contributed by atoms with Crippen LogP contribution in [0.2, 0.25) is 0 Å². The maximum Gasteiger partial charge on any atom is 0.126 e. The molecular weight excluding hydrogens is 196 g/mol. The Bertz CT molecular complexity index is 281. The first-order valence-corrected chi connectivity index (χ1v) is 5.84. The van der Waals surface area contributed by atoms with E-state index in [0.717, 1.165) is 17.1 Å². The highest BCUT2D eigenvalue weighted by Crippen LogP contribution is 2.12. The van der Waals surface area contributed by atoms with Crippen molar-refractivity contribution in [3.63, 3.8) is 0 Å². The van der Waals surface area contributed by atoms with Gasteiger partial charge in [-0.05, 0) is 17.4 Å².